The Bertz CT molecular complexity index is 746. The molecule has 0 spiro atoms. The Balaban J connectivity index is 2.19. The Morgan fingerprint density at radius 1 is 1.37 bits per heavy atom. The zero-order chi connectivity index (χ0) is 13.6. The van der Waals surface area contributed by atoms with Crippen molar-refractivity contribution in [3.63, 3.8) is 0 Å². The molecule has 3 rings (SSSR count). The summed E-state index contributed by atoms with van der Waals surface area (Å²) < 4.78 is 2.72. The number of hydrogen-bond acceptors (Lipinski definition) is 4. The van der Waals surface area contributed by atoms with Gasteiger partial charge in [-0.25, -0.2) is 9.97 Å². The van der Waals surface area contributed by atoms with E-state index in [0.717, 1.165) is 25.9 Å². The van der Waals surface area contributed by atoms with Crippen molar-refractivity contribution in [1.82, 2.24) is 14.5 Å². The van der Waals surface area contributed by atoms with Crippen LogP contribution in [-0.4, -0.2) is 14.5 Å². The van der Waals surface area contributed by atoms with Crippen LogP contribution in [0.5, 0.6) is 0 Å². The van der Waals surface area contributed by atoms with E-state index in [-0.39, 0.29) is 6.04 Å². The molecule has 0 saturated carbocycles. The Morgan fingerprint density at radius 2 is 2.16 bits per heavy atom. The maximum Gasteiger partial charge on any atom is 0.203 e. The number of rotatable bonds is 2. The predicted molar refractivity (Wildman–Crippen MR) is 79.8 cm³/mol. The van der Waals surface area contributed by atoms with Crippen molar-refractivity contribution >= 4 is 40.0 Å². The number of nitrogens with two attached hydrogens (primary N) is 1. The number of nitrogen functional groups attached to an aromatic ring is 1. The van der Waals surface area contributed by atoms with Gasteiger partial charge >= 0.3 is 0 Å². The molecule has 6 heteroatoms. The molecule has 0 aliphatic rings. The molecule has 1 unspecified atom stereocenters. The maximum atomic E-state index is 6.05. The second kappa shape index (κ2) is 4.51. The monoisotopic (exact) mass is 292 g/mol. The number of nitrogens with zero attached hydrogens (tertiary/aromatic N) is 3. The van der Waals surface area contributed by atoms with Gasteiger partial charge in [0.15, 0.2) is 5.65 Å². The van der Waals surface area contributed by atoms with Gasteiger partial charge in [0.2, 0.25) is 5.95 Å². The number of anilines is 1. The van der Waals surface area contributed by atoms with E-state index in [1.807, 2.05) is 29.7 Å². The first-order valence-corrected chi connectivity index (χ1v) is 7.11. The normalized spacial score (nSPS) is 13.0. The first-order chi connectivity index (χ1) is 9.08. The van der Waals surface area contributed by atoms with Gasteiger partial charge in [-0.15, -0.1) is 11.3 Å². The fourth-order valence-corrected chi connectivity index (χ4v) is 3.29. The van der Waals surface area contributed by atoms with Crippen LogP contribution in [-0.2, 0) is 0 Å². The third-order valence-corrected chi connectivity index (χ3v) is 4.60. The van der Waals surface area contributed by atoms with Crippen LogP contribution >= 0.6 is 22.9 Å². The minimum Gasteiger partial charge on any atom is -0.369 e. The molecule has 4 nitrogen and oxygen atoms in total. The summed E-state index contributed by atoms with van der Waals surface area (Å²) >= 11 is 7.54. The van der Waals surface area contributed by atoms with Crippen LogP contribution in [0, 0.1) is 6.92 Å². The van der Waals surface area contributed by atoms with Gasteiger partial charge < -0.3 is 5.73 Å². The zero-order valence-corrected chi connectivity index (χ0v) is 12.2. The van der Waals surface area contributed by atoms with Gasteiger partial charge in [0, 0.05) is 11.1 Å². The number of fused-ring (bicyclic) bond motifs is 1. The minimum atomic E-state index is 0.0665. The van der Waals surface area contributed by atoms with Crippen molar-refractivity contribution in [3.8, 4) is 0 Å². The number of imidazole rings is 1. The van der Waals surface area contributed by atoms with Crippen LogP contribution in [0.4, 0.5) is 5.95 Å². The highest BCUT2D eigenvalue weighted by Crippen LogP contribution is 2.32. The third-order valence-electron chi connectivity index (χ3n) is 3.20. The molecule has 0 radical (unpaired) electrons. The summed E-state index contributed by atoms with van der Waals surface area (Å²) in [7, 11) is 0. The lowest BCUT2D eigenvalue weighted by Gasteiger charge is -2.13. The molecule has 1 atom stereocenters. The van der Waals surface area contributed by atoms with Crippen molar-refractivity contribution in [1.29, 1.82) is 0 Å². The van der Waals surface area contributed by atoms with Gasteiger partial charge in [-0.05, 0) is 37.6 Å². The second-order valence-electron chi connectivity index (χ2n) is 4.46. The SMILES string of the molecule is Cc1ccnc2c1nc(N)n2C(C)c1ccc(Cl)s1. The molecule has 19 heavy (non-hydrogen) atoms. The van der Waals surface area contributed by atoms with E-state index >= 15 is 0 Å². The van der Waals surface area contributed by atoms with Gasteiger partial charge in [0.1, 0.15) is 5.52 Å². The quantitative estimate of drug-likeness (QED) is 0.784. The van der Waals surface area contributed by atoms with Crippen LogP contribution in [0.25, 0.3) is 11.2 Å². The summed E-state index contributed by atoms with van der Waals surface area (Å²) in [5.41, 5.74) is 8.80. The standard InChI is InChI=1S/C13H13ClN4S/c1-7-5-6-16-12-11(7)17-13(15)18(12)8(2)9-3-4-10(14)19-9/h3-6,8H,1-2H3,(H2,15,17). The van der Waals surface area contributed by atoms with E-state index in [1.165, 1.54) is 0 Å². The van der Waals surface area contributed by atoms with Gasteiger partial charge in [0.05, 0.1) is 10.4 Å². The molecule has 98 valence electrons. The molecule has 0 aliphatic heterocycles. The minimum absolute atomic E-state index is 0.0665. The molecule has 2 N–H and O–H groups in total. The number of aromatic nitrogens is 3. The third kappa shape index (κ3) is 1.99. The molecule has 3 aromatic rings. The van der Waals surface area contributed by atoms with Crippen LogP contribution in [0.15, 0.2) is 24.4 Å². The number of aryl methyl sites for hydroxylation is 1. The molecule has 3 heterocycles. The molecular weight excluding hydrogens is 280 g/mol. The summed E-state index contributed by atoms with van der Waals surface area (Å²) in [6.07, 6.45) is 1.78. The van der Waals surface area contributed by atoms with Crippen molar-refractivity contribution in [3.05, 3.63) is 39.2 Å². The van der Waals surface area contributed by atoms with Gasteiger partial charge in [-0.2, -0.15) is 0 Å². The summed E-state index contributed by atoms with van der Waals surface area (Å²) in [5.74, 6) is 0.480. The van der Waals surface area contributed by atoms with E-state index < -0.39 is 0 Å². The largest absolute Gasteiger partial charge is 0.369 e. The Labute approximate surface area is 119 Å². The number of thiophene rings is 1. The Morgan fingerprint density at radius 3 is 2.84 bits per heavy atom. The van der Waals surface area contributed by atoms with E-state index in [0.29, 0.717) is 5.95 Å². The van der Waals surface area contributed by atoms with Gasteiger partial charge in [-0.3, -0.25) is 4.57 Å². The number of hydrogen-bond donors (Lipinski definition) is 1. The zero-order valence-electron chi connectivity index (χ0n) is 10.6. The highest BCUT2D eigenvalue weighted by Gasteiger charge is 2.18. The van der Waals surface area contributed by atoms with E-state index in [4.69, 9.17) is 17.3 Å². The molecule has 0 amide bonds. The van der Waals surface area contributed by atoms with E-state index in [2.05, 4.69) is 16.9 Å². The van der Waals surface area contributed by atoms with Crippen LogP contribution in [0.1, 0.15) is 23.4 Å². The first kappa shape index (κ1) is 12.4. The van der Waals surface area contributed by atoms with Crippen LogP contribution < -0.4 is 5.73 Å². The maximum absolute atomic E-state index is 6.05. The molecule has 0 aromatic carbocycles. The molecule has 0 saturated heterocycles. The second-order valence-corrected chi connectivity index (χ2v) is 6.20. The fraction of sp³-hybridized carbons (Fsp3) is 0.231. The molecule has 0 fully saturated rings. The smallest absolute Gasteiger partial charge is 0.203 e. The lowest BCUT2D eigenvalue weighted by atomic mass is 10.2. The topological polar surface area (TPSA) is 56.7 Å². The Kier molecular flexibility index (Phi) is 2.95. The highest BCUT2D eigenvalue weighted by molar-refractivity contribution is 7.16. The van der Waals surface area contributed by atoms with Crippen molar-refractivity contribution < 1.29 is 0 Å². The van der Waals surface area contributed by atoms with Crippen molar-refractivity contribution in [2.45, 2.75) is 19.9 Å². The summed E-state index contributed by atoms with van der Waals surface area (Å²) in [4.78, 5) is 9.96. The highest BCUT2D eigenvalue weighted by atomic mass is 35.5. The van der Waals surface area contributed by atoms with E-state index in [9.17, 15) is 0 Å². The molecule has 0 bridgehead atoms. The fourth-order valence-electron chi connectivity index (χ4n) is 2.19. The lowest BCUT2D eigenvalue weighted by Crippen LogP contribution is -2.09. The average molecular weight is 293 g/mol. The molecular formula is C13H13ClN4S. The van der Waals surface area contributed by atoms with Crippen LogP contribution in [0.2, 0.25) is 4.34 Å². The predicted octanol–water partition coefficient (Wildman–Crippen LogP) is 3.65. The average Bonchev–Trinajstić information content (AvgIpc) is 2.93. The van der Waals surface area contributed by atoms with Crippen LogP contribution in [0.3, 0.4) is 0 Å². The van der Waals surface area contributed by atoms with Gasteiger partial charge in [0.25, 0.3) is 0 Å². The van der Waals surface area contributed by atoms with Crippen molar-refractivity contribution in [2.24, 2.45) is 0 Å². The summed E-state index contributed by atoms with van der Waals surface area (Å²) in [5, 5.41) is 0. The Hall–Kier alpha value is -1.59. The van der Waals surface area contributed by atoms with Crippen molar-refractivity contribution in [2.75, 3.05) is 5.73 Å². The van der Waals surface area contributed by atoms with Gasteiger partial charge in [-0.1, -0.05) is 11.6 Å². The summed E-state index contributed by atoms with van der Waals surface area (Å²) in [6, 6.07) is 5.91. The summed E-state index contributed by atoms with van der Waals surface area (Å²) in [6.45, 7) is 4.08. The molecule has 3 aromatic heterocycles. The van der Waals surface area contributed by atoms with E-state index in [1.54, 1.807) is 17.5 Å². The number of halogens is 1. The lowest BCUT2D eigenvalue weighted by molar-refractivity contribution is 0.674. The number of pyridine rings is 1. The molecule has 0 aliphatic carbocycles. The first-order valence-electron chi connectivity index (χ1n) is 5.92.